The van der Waals surface area contributed by atoms with Gasteiger partial charge in [-0.25, -0.2) is 0 Å². The number of halogens is 1. The molecule has 1 aromatic rings. The van der Waals surface area contributed by atoms with Gasteiger partial charge in [0.15, 0.2) is 11.5 Å². The van der Waals surface area contributed by atoms with E-state index in [0.717, 1.165) is 17.7 Å². The predicted molar refractivity (Wildman–Crippen MR) is 80.1 cm³/mol. The average molecular weight is 281 g/mol. The van der Waals surface area contributed by atoms with Crippen LogP contribution in [0.1, 0.15) is 33.3 Å². The number of hydrogen-bond donors (Lipinski definition) is 0. The van der Waals surface area contributed by atoms with Gasteiger partial charge in [0.05, 0.1) is 13.2 Å². The first kappa shape index (κ1) is 15.7. The van der Waals surface area contributed by atoms with E-state index in [9.17, 15) is 0 Å². The number of ether oxygens (including phenoxy) is 2. The second-order valence-corrected chi connectivity index (χ2v) is 4.66. The Bertz CT molecular complexity index is 472. The van der Waals surface area contributed by atoms with Gasteiger partial charge in [-0.2, -0.15) is 0 Å². The zero-order valence-corrected chi connectivity index (χ0v) is 12.8. The Balaban J connectivity index is 3.04. The zero-order chi connectivity index (χ0) is 14.3. The molecule has 0 spiro atoms. The van der Waals surface area contributed by atoms with Crippen LogP contribution in [-0.4, -0.2) is 13.2 Å². The molecule has 1 atom stereocenters. The van der Waals surface area contributed by atoms with Crippen molar-refractivity contribution in [3.05, 3.63) is 22.7 Å². The number of rotatable bonds is 6. The van der Waals surface area contributed by atoms with Crippen molar-refractivity contribution in [3.8, 4) is 23.3 Å². The molecule has 0 heterocycles. The summed E-state index contributed by atoms with van der Waals surface area (Å²) >= 11 is 6.30. The van der Waals surface area contributed by atoms with Gasteiger partial charge >= 0.3 is 0 Å². The maximum absolute atomic E-state index is 6.30. The number of hydrogen-bond acceptors (Lipinski definition) is 2. The van der Waals surface area contributed by atoms with Crippen LogP contribution < -0.4 is 9.47 Å². The van der Waals surface area contributed by atoms with E-state index in [-0.39, 0.29) is 5.92 Å². The summed E-state index contributed by atoms with van der Waals surface area (Å²) < 4.78 is 11.1. The molecule has 1 unspecified atom stereocenters. The van der Waals surface area contributed by atoms with E-state index in [1.165, 1.54) is 0 Å². The summed E-state index contributed by atoms with van der Waals surface area (Å²) in [6.45, 7) is 9.02. The van der Waals surface area contributed by atoms with Gasteiger partial charge in [-0.05, 0) is 38.8 Å². The highest BCUT2D eigenvalue weighted by atomic mass is 35.5. The van der Waals surface area contributed by atoms with Gasteiger partial charge < -0.3 is 9.47 Å². The van der Waals surface area contributed by atoms with Gasteiger partial charge in [-0.15, -0.1) is 11.8 Å². The van der Waals surface area contributed by atoms with E-state index in [0.29, 0.717) is 24.0 Å². The van der Waals surface area contributed by atoms with Crippen LogP contribution in [0.4, 0.5) is 0 Å². The number of benzene rings is 1. The Kier molecular flexibility index (Phi) is 6.59. The molecule has 1 aromatic carbocycles. The Morgan fingerprint density at radius 2 is 1.74 bits per heavy atom. The Labute approximate surface area is 121 Å². The van der Waals surface area contributed by atoms with Gasteiger partial charge in [0.2, 0.25) is 0 Å². The highest BCUT2D eigenvalue weighted by Crippen LogP contribution is 2.34. The van der Waals surface area contributed by atoms with Crippen LogP contribution in [0.3, 0.4) is 0 Å². The summed E-state index contributed by atoms with van der Waals surface area (Å²) in [6, 6.07) is 3.79. The molecule has 0 radical (unpaired) electrons. The van der Waals surface area contributed by atoms with Crippen molar-refractivity contribution in [2.45, 2.75) is 34.1 Å². The molecule has 0 aromatic heterocycles. The van der Waals surface area contributed by atoms with Crippen molar-refractivity contribution in [2.75, 3.05) is 13.2 Å². The molecular formula is C16H21ClO2. The van der Waals surface area contributed by atoms with E-state index in [2.05, 4.69) is 18.8 Å². The Hall–Kier alpha value is -1.33. The third-order valence-corrected chi connectivity index (χ3v) is 2.98. The third kappa shape index (κ3) is 4.69. The van der Waals surface area contributed by atoms with Crippen LogP contribution in [0.5, 0.6) is 11.5 Å². The van der Waals surface area contributed by atoms with Gasteiger partial charge in [-0.3, -0.25) is 0 Å². The van der Waals surface area contributed by atoms with E-state index in [4.69, 9.17) is 21.1 Å². The first-order valence-electron chi connectivity index (χ1n) is 6.62. The van der Waals surface area contributed by atoms with Crippen LogP contribution in [0, 0.1) is 17.8 Å². The Morgan fingerprint density at radius 3 is 2.26 bits per heavy atom. The van der Waals surface area contributed by atoms with E-state index < -0.39 is 0 Å². The van der Waals surface area contributed by atoms with Crippen molar-refractivity contribution in [1.29, 1.82) is 0 Å². The topological polar surface area (TPSA) is 18.5 Å². The molecule has 19 heavy (non-hydrogen) atoms. The van der Waals surface area contributed by atoms with Crippen LogP contribution in [0.25, 0.3) is 0 Å². The van der Waals surface area contributed by atoms with Crippen LogP contribution >= 0.6 is 11.6 Å². The minimum atomic E-state index is 0.273. The summed E-state index contributed by atoms with van der Waals surface area (Å²) in [7, 11) is 0. The molecule has 0 aliphatic carbocycles. The summed E-state index contributed by atoms with van der Waals surface area (Å²) in [5.74, 6) is 7.79. The minimum Gasteiger partial charge on any atom is -0.490 e. The smallest absolute Gasteiger partial charge is 0.162 e. The molecule has 0 N–H and O–H groups in total. The van der Waals surface area contributed by atoms with Crippen molar-refractivity contribution in [1.82, 2.24) is 0 Å². The van der Waals surface area contributed by atoms with Crippen molar-refractivity contribution < 1.29 is 9.47 Å². The summed E-state index contributed by atoms with van der Waals surface area (Å²) in [5.41, 5.74) is 1.05. The first-order chi connectivity index (χ1) is 9.12. The highest BCUT2D eigenvalue weighted by Gasteiger charge is 2.12. The largest absolute Gasteiger partial charge is 0.490 e. The normalized spacial score (nSPS) is 11.4. The molecule has 0 aliphatic heterocycles. The van der Waals surface area contributed by atoms with Crippen LogP contribution in [0.2, 0.25) is 5.02 Å². The van der Waals surface area contributed by atoms with E-state index >= 15 is 0 Å². The van der Waals surface area contributed by atoms with Gasteiger partial charge in [0.1, 0.15) is 0 Å². The fourth-order valence-electron chi connectivity index (χ4n) is 1.90. The lowest BCUT2D eigenvalue weighted by Crippen LogP contribution is -2.02. The molecule has 104 valence electrons. The molecule has 2 nitrogen and oxygen atoms in total. The fourth-order valence-corrected chi connectivity index (χ4v) is 2.13. The quantitative estimate of drug-likeness (QED) is 0.722. The molecular weight excluding hydrogens is 260 g/mol. The Morgan fingerprint density at radius 1 is 1.16 bits per heavy atom. The maximum Gasteiger partial charge on any atom is 0.162 e. The van der Waals surface area contributed by atoms with Gasteiger partial charge in [0.25, 0.3) is 0 Å². The maximum atomic E-state index is 6.30. The van der Waals surface area contributed by atoms with Crippen LogP contribution in [-0.2, 0) is 6.42 Å². The molecule has 0 bridgehead atoms. The van der Waals surface area contributed by atoms with Crippen molar-refractivity contribution in [2.24, 2.45) is 5.92 Å². The van der Waals surface area contributed by atoms with Gasteiger partial charge in [0, 0.05) is 17.0 Å². The second-order valence-electron chi connectivity index (χ2n) is 4.26. The molecule has 0 saturated carbocycles. The summed E-state index contributed by atoms with van der Waals surface area (Å²) in [6.07, 6.45) is 0.812. The zero-order valence-electron chi connectivity index (χ0n) is 12.0. The first-order valence-corrected chi connectivity index (χ1v) is 7.00. The third-order valence-electron chi connectivity index (χ3n) is 2.63. The van der Waals surface area contributed by atoms with Crippen molar-refractivity contribution in [3.63, 3.8) is 0 Å². The van der Waals surface area contributed by atoms with E-state index in [1.807, 2.05) is 32.9 Å². The SMILES string of the molecule is CC#CC(C)Cc1cc(OCC)c(OCC)cc1Cl. The highest BCUT2D eigenvalue weighted by molar-refractivity contribution is 6.31. The summed E-state index contributed by atoms with van der Waals surface area (Å²) in [5, 5.41) is 0.705. The molecule has 0 saturated heterocycles. The average Bonchev–Trinajstić information content (AvgIpc) is 2.35. The lowest BCUT2D eigenvalue weighted by atomic mass is 10.0. The van der Waals surface area contributed by atoms with Gasteiger partial charge in [-0.1, -0.05) is 18.5 Å². The molecule has 0 amide bonds. The molecule has 3 heteroatoms. The predicted octanol–water partition coefficient (Wildman–Crippen LogP) is 4.34. The minimum absolute atomic E-state index is 0.273. The second kappa shape index (κ2) is 7.96. The van der Waals surface area contributed by atoms with E-state index in [1.54, 1.807) is 0 Å². The molecule has 1 rings (SSSR count). The van der Waals surface area contributed by atoms with Crippen molar-refractivity contribution >= 4 is 11.6 Å². The summed E-state index contributed by atoms with van der Waals surface area (Å²) in [4.78, 5) is 0. The lowest BCUT2D eigenvalue weighted by Gasteiger charge is -2.14. The molecule has 0 aliphatic rings. The molecule has 0 fully saturated rings. The monoisotopic (exact) mass is 280 g/mol. The van der Waals surface area contributed by atoms with Crippen LogP contribution in [0.15, 0.2) is 12.1 Å². The fraction of sp³-hybridized carbons (Fsp3) is 0.500. The lowest BCUT2D eigenvalue weighted by molar-refractivity contribution is 0.287. The standard InChI is InChI=1S/C16H21ClO2/c1-5-8-12(4)9-13-10-15(18-6-2)16(19-7-3)11-14(13)17/h10-12H,6-7,9H2,1-4H3.